The zero-order valence-corrected chi connectivity index (χ0v) is 16.2. The number of carboxylic acid groups (broad SMARTS) is 1. The van der Waals surface area contributed by atoms with E-state index in [1.807, 2.05) is 30.3 Å². The number of nitrogens with one attached hydrogen (secondary N) is 1. The zero-order chi connectivity index (χ0) is 21.1. The number of carbonyl (C=O) groups is 2. The smallest absolute Gasteiger partial charge is 0.408 e. The first kappa shape index (κ1) is 21.6. The van der Waals surface area contributed by atoms with E-state index in [9.17, 15) is 14.7 Å². The quantitative estimate of drug-likeness (QED) is 0.404. The Hall–Kier alpha value is -3.68. The highest BCUT2D eigenvalue weighted by Gasteiger charge is 2.21. The van der Waals surface area contributed by atoms with Gasteiger partial charge in [0.25, 0.3) is 0 Å². The summed E-state index contributed by atoms with van der Waals surface area (Å²) < 4.78 is 5.09. The number of hydrogen-bond acceptors (Lipinski definition) is 5. The number of amides is 1. The molecule has 0 saturated carbocycles. The van der Waals surface area contributed by atoms with E-state index in [0.29, 0.717) is 5.84 Å². The average molecular weight is 397 g/mol. The highest BCUT2D eigenvalue weighted by molar-refractivity contribution is 6.02. The monoisotopic (exact) mass is 397 g/mol. The van der Waals surface area contributed by atoms with Gasteiger partial charge in [-0.2, -0.15) is 0 Å². The molecule has 2 aromatic carbocycles. The molecule has 0 aromatic heterocycles. The van der Waals surface area contributed by atoms with Crippen molar-refractivity contribution in [1.82, 2.24) is 5.32 Å². The number of carbonyl (C=O) groups excluding carboxylic acids is 1. The molecule has 8 heteroatoms. The molecule has 2 N–H and O–H groups in total. The van der Waals surface area contributed by atoms with Crippen molar-refractivity contribution in [3.05, 3.63) is 71.3 Å². The fraction of sp³-hybridized carbons (Fsp3) is 0.238. The maximum Gasteiger partial charge on any atom is 0.408 e. The summed E-state index contributed by atoms with van der Waals surface area (Å²) in [6.45, 7) is 1.83. The minimum absolute atomic E-state index is 0.0628. The number of nitrogens with zero attached hydrogens (tertiary/aromatic N) is 2. The van der Waals surface area contributed by atoms with Crippen LogP contribution in [0.5, 0.6) is 0 Å². The molecule has 0 radical (unpaired) electrons. The molecule has 1 amide bonds. The van der Waals surface area contributed by atoms with E-state index in [0.717, 1.165) is 16.7 Å². The van der Waals surface area contributed by atoms with Gasteiger partial charge >= 0.3 is 12.1 Å². The molecule has 0 saturated heterocycles. The molecule has 0 spiro atoms. The second kappa shape index (κ2) is 11.2. The van der Waals surface area contributed by atoms with Gasteiger partial charge in [0.2, 0.25) is 0 Å². The lowest BCUT2D eigenvalue weighted by Crippen LogP contribution is -2.42. The first-order chi connectivity index (χ1) is 14.0. The number of aliphatic carboxylic acids is 1. The molecule has 152 valence electrons. The van der Waals surface area contributed by atoms with E-state index >= 15 is 0 Å². The molecule has 0 bridgehead atoms. The molecule has 0 aliphatic carbocycles. The summed E-state index contributed by atoms with van der Waals surface area (Å²) in [5, 5.41) is 15.7. The van der Waals surface area contributed by atoms with Gasteiger partial charge in [-0.15, -0.1) is 0 Å². The number of benzene rings is 2. The largest absolute Gasteiger partial charge is 0.480 e. The molecule has 0 aliphatic heterocycles. The van der Waals surface area contributed by atoms with Crippen molar-refractivity contribution in [2.45, 2.75) is 26.0 Å². The Balaban J connectivity index is 1.98. The number of oxime groups is 1. The van der Waals surface area contributed by atoms with Crippen LogP contribution in [0, 0.1) is 0 Å². The Morgan fingerprint density at radius 1 is 1.10 bits per heavy atom. The topological polar surface area (TPSA) is 110 Å². The summed E-state index contributed by atoms with van der Waals surface area (Å²) in [6, 6.07) is 15.0. The Kier molecular flexibility index (Phi) is 8.37. The summed E-state index contributed by atoms with van der Waals surface area (Å²) in [7, 11) is 1.43. The number of alkyl carbamates (subject to hydrolysis) is 1. The molecule has 29 heavy (non-hydrogen) atoms. The van der Waals surface area contributed by atoms with Gasteiger partial charge in [0.15, 0.2) is 5.84 Å². The summed E-state index contributed by atoms with van der Waals surface area (Å²) in [6.07, 6.45) is 0.908. The Morgan fingerprint density at radius 2 is 1.79 bits per heavy atom. The van der Waals surface area contributed by atoms with Gasteiger partial charge in [0.05, 0.1) is 0 Å². The number of amidine groups is 1. The highest BCUT2D eigenvalue weighted by Crippen LogP contribution is 2.10. The lowest BCUT2D eigenvalue weighted by atomic mass is 10.0. The van der Waals surface area contributed by atoms with Crippen LogP contribution in [0.25, 0.3) is 0 Å². The van der Waals surface area contributed by atoms with Crippen LogP contribution in [0.3, 0.4) is 0 Å². The van der Waals surface area contributed by atoms with Crippen LogP contribution >= 0.6 is 0 Å². The van der Waals surface area contributed by atoms with Gasteiger partial charge in [-0.1, -0.05) is 59.8 Å². The number of carboxylic acids is 1. The van der Waals surface area contributed by atoms with Gasteiger partial charge in [-0.3, -0.25) is 0 Å². The van der Waals surface area contributed by atoms with Crippen molar-refractivity contribution in [3.63, 3.8) is 0 Å². The lowest BCUT2D eigenvalue weighted by Gasteiger charge is -2.15. The van der Waals surface area contributed by atoms with Crippen LogP contribution in [0.15, 0.2) is 64.7 Å². The third-order valence-electron chi connectivity index (χ3n) is 3.88. The van der Waals surface area contributed by atoms with Crippen molar-refractivity contribution in [2.24, 2.45) is 10.1 Å². The van der Waals surface area contributed by atoms with Crippen molar-refractivity contribution in [1.29, 1.82) is 0 Å². The number of rotatable bonds is 8. The second-order valence-corrected chi connectivity index (χ2v) is 5.98. The van der Waals surface area contributed by atoms with Gasteiger partial charge in [0.1, 0.15) is 19.8 Å². The number of hydrogen-bond donors (Lipinski definition) is 2. The number of ether oxygens (including phenoxy) is 1. The van der Waals surface area contributed by atoms with Gasteiger partial charge < -0.3 is 20.0 Å². The van der Waals surface area contributed by atoms with E-state index in [4.69, 9.17) is 9.57 Å². The van der Waals surface area contributed by atoms with Crippen LogP contribution in [-0.4, -0.2) is 42.4 Å². The second-order valence-electron chi connectivity index (χ2n) is 5.98. The van der Waals surface area contributed by atoms with Crippen molar-refractivity contribution in [2.75, 3.05) is 7.11 Å². The van der Waals surface area contributed by atoms with Crippen molar-refractivity contribution >= 4 is 24.1 Å². The zero-order valence-electron chi connectivity index (χ0n) is 16.2. The maximum atomic E-state index is 12.0. The van der Waals surface area contributed by atoms with Crippen molar-refractivity contribution < 1.29 is 24.3 Å². The molecule has 0 fully saturated rings. The standard InChI is InChI=1S/C21H23N3O5/c1-3-22-19(24-28-2)17-11-9-15(10-12-17)13-18(20(25)26)23-21(27)29-14-16-7-5-4-6-8-16/h3-12,18H,13-14H2,1-2H3,(H,23,27)(H,25,26)/b22-3-,24-19-/t18-/m0/s1. The Labute approximate surface area is 168 Å². The van der Waals surface area contributed by atoms with Gasteiger partial charge in [-0.05, 0) is 18.1 Å². The first-order valence-corrected chi connectivity index (χ1v) is 8.92. The summed E-state index contributed by atoms with van der Waals surface area (Å²) in [5.74, 6) is -0.748. The molecule has 0 heterocycles. The van der Waals surface area contributed by atoms with E-state index in [2.05, 4.69) is 15.5 Å². The molecule has 8 nitrogen and oxygen atoms in total. The molecule has 2 aromatic rings. The molecular formula is C21H23N3O5. The summed E-state index contributed by atoms with van der Waals surface area (Å²) in [5.41, 5.74) is 2.26. The molecular weight excluding hydrogens is 374 g/mol. The van der Waals surface area contributed by atoms with E-state index in [-0.39, 0.29) is 13.0 Å². The Bertz CT molecular complexity index is 864. The first-order valence-electron chi connectivity index (χ1n) is 8.92. The lowest BCUT2D eigenvalue weighted by molar-refractivity contribution is -0.139. The van der Waals surface area contributed by atoms with Crippen LogP contribution in [0.2, 0.25) is 0 Å². The molecule has 1 atom stereocenters. The number of aliphatic imine (C=N–C) groups is 1. The van der Waals surface area contributed by atoms with Gasteiger partial charge in [0, 0.05) is 18.2 Å². The summed E-state index contributed by atoms with van der Waals surface area (Å²) >= 11 is 0. The fourth-order valence-electron chi connectivity index (χ4n) is 2.49. The minimum Gasteiger partial charge on any atom is -0.480 e. The van der Waals surface area contributed by atoms with E-state index < -0.39 is 18.1 Å². The third-order valence-corrected chi connectivity index (χ3v) is 3.88. The highest BCUT2D eigenvalue weighted by atomic mass is 16.6. The van der Waals surface area contributed by atoms with E-state index in [1.54, 1.807) is 37.4 Å². The van der Waals surface area contributed by atoms with Crippen LogP contribution < -0.4 is 5.32 Å². The average Bonchev–Trinajstić information content (AvgIpc) is 2.73. The van der Waals surface area contributed by atoms with Crippen LogP contribution in [0.1, 0.15) is 23.6 Å². The van der Waals surface area contributed by atoms with Gasteiger partial charge in [-0.25, -0.2) is 14.6 Å². The molecule has 0 unspecified atom stereocenters. The SMILES string of the molecule is C/C=N\C(=N/OC)c1ccc(C[C@H](NC(=O)OCc2ccccc2)C(=O)O)cc1. The third kappa shape index (κ3) is 7.10. The summed E-state index contributed by atoms with van der Waals surface area (Å²) in [4.78, 5) is 32.4. The molecule has 2 rings (SSSR count). The maximum absolute atomic E-state index is 12.0. The minimum atomic E-state index is -1.15. The predicted octanol–water partition coefficient (Wildman–Crippen LogP) is 3.01. The van der Waals surface area contributed by atoms with Crippen LogP contribution in [0.4, 0.5) is 4.79 Å². The predicted molar refractivity (Wildman–Crippen MR) is 109 cm³/mol. The van der Waals surface area contributed by atoms with E-state index in [1.165, 1.54) is 7.11 Å². The van der Waals surface area contributed by atoms with Crippen LogP contribution in [-0.2, 0) is 27.4 Å². The molecule has 0 aliphatic rings. The normalized spacial score (nSPS) is 12.4. The van der Waals surface area contributed by atoms with Crippen molar-refractivity contribution in [3.8, 4) is 0 Å². The Morgan fingerprint density at radius 3 is 2.38 bits per heavy atom. The fourth-order valence-corrected chi connectivity index (χ4v) is 2.49.